The van der Waals surface area contributed by atoms with Gasteiger partial charge in [-0.25, -0.2) is 0 Å². The molecule has 5 atom stereocenters. The summed E-state index contributed by atoms with van der Waals surface area (Å²) in [6.07, 6.45) is -4.42. The normalized spacial score (nSPS) is 46.4. The minimum atomic E-state index is -1.25. The molecule has 7 heteroatoms. The molecule has 1 heterocycles. The van der Waals surface area contributed by atoms with Crippen LogP contribution in [0, 0.1) is 0 Å². The van der Waals surface area contributed by atoms with Crippen LogP contribution in [0.5, 0.6) is 0 Å². The molecule has 1 aliphatic rings. The SMILES string of the molecule is N[C@H]1[C@@H](O)[C@@H](O)[C@@H](CO)O[C@H]1NO. The van der Waals surface area contributed by atoms with Crippen LogP contribution in [-0.4, -0.2) is 57.7 Å². The van der Waals surface area contributed by atoms with E-state index in [1.165, 1.54) is 0 Å². The number of hydroxylamine groups is 1. The first kappa shape index (κ1) is 10.8. The van der Waals surface area contributed by atoms with Crippen LogP contribution in [0.25, 0.3) is 0 Å². The first-order chi connectivity index (χ1) is 6.11. The lowest BCUT2D eigenvalue weighted by molar-refractivity contribution is -0.217. The van der Waals surface area contributed by atoms with E-state index < -0.39 is 37.2 Å². The summed E-state index contributed by atoms with van der Waals surface area (Å²) in [5.74, 6) is 0. The second kappa shape index (κ2) is 4.29. The highest BCUT2D eigenvalue weighted by Gasteiger charge is 2.42. The minimum absolute atomic E-state index is 0.455. The van der Waals surface area contributed by atoms with Crippen molar-refractivity contribution in [2.24, 2.45) is 5.73 Å². The number of ether oxygens (including phenoxy) is 1. The molecule has 1 aliphatic heterocycles. The van der Waals surface area contributed by atoms with Crippen LogP contribution in [0.2, 0.25) is 0 Å². The summed E-state index contributed by atoms with van der Waals surface area (Å²) in [4.78, 5) is 0. The molecule has 0 aromatic carbocycles. The van der Waals surface area contributed by atoms with E-state index in [9.17, 15) is 10.2 Å². The van der Waals surface area contributed by atoms with Gasteiger partial charge in [-0.15, -0.1) is 0 Å². The lowest BCUT2D eigenvalue weighted by Crippen LogP contribution is -2.65. The number of aliphatic hydroxyl groups is 3. The molecule has 1 saturated heterocycles. The van der Waals surface area contributed by atoms with E-state index in [1.54, 1.807) is 5.48 Å². The topological polar surface area (TPSA) is 128 Å². The molecule has 0 aromatic rings. The molecule has 0 saturated carbocycles. The highest BCUT2D eigenvalue weighted by molar-refractivity contribution is 4.92. The third-order valence-corrected chi connectivity index (χ3v) is 2.10. The fourth-order valence-corrected chi connectivity index (χ4v) is 1.25. The van der Waals surface area contributed by atoms with E-state index in [2.05, 4.69) is 0 Å². The Morgan fingerprint density at radius 1 is 1.31 bits per heavy atom. The fraction of sp³-hybridized carbons (Fsp3) is 1.00. The third-order valence-electron chi connectivity index (χ3n) is 2.10. The molecule has 0 aliphatic carbocycles. The molecule has 13 heavy (non-hydrogen) atoms. The van der Waals surface area contributed by atoms with Gasteiger partial charge in [0.2, 0.25) is 0 Å². The largest absolute Gasteiger partial charge is 0.394 e. The van der Waals surface area contributed by atoms with E-state index in [-0.39, 0.29) is 0 Å². The zero-order valence-corrected chi connectivity index (χ0v) is 6.87. The van der Waals surface area contributed by atoms with Gasteiger partial charge < -0.3 is 31.0 Å². The number of aliphatic hydroxyl groups excluding tert-OH is 3. The number of rotatable bonds is 2. The summed E-state index contributed by atoms with van der Waals surface area (Å²) < 4.78 is 4.93. The van der Waals surface area contributed by atoms with Gasteiger partial charge in [0.05, 0.1) is 12.6 Å². The van der Waals surface area contributed by atoms with Crippen molar-refractivity contribution >= 4 is 0 Å². The van der Waals surface area contributed by atoms with Gasteiger partial charge in [0.25, 0.3) is 0 Å². The summed E-state index contributed by atoms with van der Waals surface area (Å²) in [6, 6.07) is -0.942. The summed E-state index contributed by atoms with van der Waals surface area (Å²) >= 11 is 0. The summed E-state index contributed by atoms with van der Waals surface area (Å²) in [5, 5.41) is 35.9. The molecule has 0 amide bonds. The van der Waals surface area contributed by atoms with Gasteiger partial charge in [-0.2, -0.15) is 5.48 Å². The summed E-state index contributed by atoms with van der Waals surface area (Å²) in [5.41, 5.74) is 7.14. The number of hydrogen-bond donors (Lipinski definition) is 6. The highest BCUT2D eigenvalue weighted by Crippen LogP contribution is 2.17. The number of nitrogens with one attached hydrogen (secondary N) is 1. The standard InChI is InChI=1S/C6H14N2O5/c7-3-5(11)4(10)2(1-9)13-6(3)8-12/h2-6,8-12H,1,7H2/t2-,3+,4+,5-,6-/m1/s1. The van der Waals surface area contributed by atoms with Crippen LogP contribution >= 0.6 is 0 Å². The molecule has 7 nitrogen and oxygen atoms in total. The first-order valence-corrected chi connectivity index (χ1v) is 3.89. The van der Waals surface area contributed by atoms with Crippen LogP contribution in [0.1, 0.15) is 0 Å². The zero-order chi connectivity index (χ0) is 10.0. The lowest BCUT2D eigenvalue weighted by Gasteiger charge is -2.39. The van der Waals surface area contributed by atoms with Crippen LogP contribution in [0.15, 0.2) is 0 Å². The smallest absolute Gasteiger partial charge is 0.148 e. The van der Waals surface area contributed by atoms with Crippen molar-refractivity contribution in [3.63, 3.8) is 0 Å². The molecule has 1 rings (SSSR count). The zero-order valence-electron chi connectivity index (χ0n) is 6.87. The third kappa shape index (κ3) is 1.97. The maximum Gasteiger partial charge on any atom is 0.148 e. The monoisotopic (exact) mass is 194 g/mol. The lowest BCUT2D eigenvalue weighted by atomic mass is 9.97. The van der Waals surface area contributed by atoms with Crippen molar-refractivity contribution in [2.45, 2.75) is 30.6 Å². The molecule has 0 spiro atoms. The Kier molecular flexibility index (Phi) is 3.56. The Hall–Kier alpha value is -0.280. The van der Waals surface area contributed by atoms with Gasteiger partial charge >= 0.3 is 0 Å². The summed E-state index contributed by atoms with van der Waals surface area (Å²) in [6.45, 7) is -0.455. The molecular formula is C6H14N2O5. The van der Waals surface area contributed by atoms with Crippen LogP contribution in [-0.2, 0) is 4.74 Å². The first-order valence-electron chi connectivity index (χ1n) is 3.89. The Morgan fingerprint density at radius 3 is 2.38 bits per heavy atom. The predicted molar refractivity (Wildman–Crippen MR) is 40.7 cm³/mol. The molecular weight excluding hydrogens is 180 g/mol. The Morgan fingerprint density at radius 2 is 1.92 bits per heavy atom. The average Bonchev–Trinajstić information content (AvgIpc) is 2.15. The Balaban J connectivity index is 2.66. The van der Waals surface area contributed by atoms with Gasteiger partial charge in [-0.3, -0.25) is 0 Å². The average molecular weight is 194 g/mol. The van der Waals surface area contributed by atoms with E-state index in [0.717, 1.165) is 0 Å². The highest BCUT2D eigenvalue weighted by atomic mass is 16.6. The van der Waals surface area contributed by atoms with E-state index in [1.807, 2.05) is 0 Å². The van der Waals surface area contributed by atoms with Gasteiger partial charge in [0, 0.05) is 0 Å². The van der Waals surface area contributed by atoms with E-state index in [0.29, 0.717) is 0 Å². The second-order valence-electron chi connectivity index (χ2n) is 2.97. The minimum Gasteiger partial charge on any atom is -0.394 e. The summed E-state index contributed by atoms with van der Waals surface area (Å²) in [7, 11) is 0. The van der Waals surface area contributed by atoms with Gasteiger partial charge in [0.15, 0.2) is 0 Å². The van der Waals surface area contributed by atoms with Crippen LogP contribution in [0.3, 0.4) is 0 Å². The molecule has 78 valence electrons. The van der Waals surface area contributed by atoms with Crippen molar-refractivity contribution in [3.8, 4) is 0 Å². The molecule has 0 aromatic heterocycles. The molecule has 0 radical (unpaired) electrons. The Labute approximate surface area is 74.7 Å². The number of nitrogens with two attached hydrogens (primary N) is 1. The molecule has 1 fully saturated rings. The van der Waals surface area contributed by atoms with Crippen molar-refractivity contribution in [1.82, 2.24) is 5.48 Å². The molecule has 0 bridgehead atoms. The van der Waals surface area contributed by atoms with Crippen molar-refractivity contribution in [2.75, 3.05) is 6.61 Å². The van der Waals surface area contributed by atoms with Crippen LogP contribution in [0.4, 0.5) is 0 Å². The van der Waals surface area contributed by atoms with Gasteiger partial charge in [-0.1, -0.05) is 0 Å². The van der Waals surface area contributed by atoms with Gasteiger partial charge in [0.1, 0.15) is 24.5 Å². The fourth-order valence-electron chi connectivity index (χ4n) is 1.25. The van der Waals surface area contributed by atoms with E-state index >= 15 is 0 Å². The predicted octanol–water partition coefficient (Wildman–Crippen LogP) is -3.27. The van der Waals surface area contributed by atoms with Crippen molar-refractivity contribution in [3.05, 3.63) is 0 Å². The quantitative estimate of drug-likeness (QED) is 0.254. The van der Waals surface area contributed by atoms with Crippen molar-refractivity contribution in [1.29, 1.82) is 0 Å². The van der Waals surface area contributed by atoms with Crippen LogP contribution < -0.4 is 11.2 Å². The number of hydrogen-bond acceptors (Lipinski definition) is 7. The van der Waals surface area contributed by atoms with Gasteiger partial charge in [-0.05, 0) is 0 Å². The molecule has 7 N–H and O–H groups in total. The maximum atomic E-state index is 9.33. The van der Waals surface area contributed by atoms with E-state index in [4.69, 9.17) is 20.8 Å². The molecule has 0 unspecified atom stereocenters. The Bertz CT molecular complexity index is 149. The second-order valence-corrected chi connectivity index (χ2v) is 2.97. The van der Waals surface area contributed by atoms with Crippen molar-refractivity contribution < 1.29 is 25.3 Å². The maximum absolute atomic E-state index is 9.33.